The standard InChI is InChI=1S/C26H23FN2O6/c1-28(16-7-5-15(27)6-8-16)25(31)23-24(30)19-13-21(34-3)22(35-4)14-20(19)29(26(23)32)17-9-11-18(33-2)12-10-17/h5-14,23H,1-4H3. The van der Waals surface area contributed by atoms with Crippen LogP contribution in [-0.2, 0) is 9.59 Å². The zero-order valence-electron chi connectivity index (χ0n) is 19.6. The molecule has 0 spiro atoms. The van der Waals surface area contributed by atoms with Crippen LogP contribution in [0.4, 0.5) is 21.5 Å². The molecule has 4 rings (SSSR count). The lowest BCUT2D eigenvalue weighted by Gasteiger charge is -2.34. The Hall–Kier alpha value is -4.40. The number of carbonyl (C=O) groups excluding carboxylic acids is 3. The van der Waals surface area contributed by atoms with Crippen molar-refractivity contribution in [2.75, 3.05) is 38.2 Å². The molecule has 0 aromatic heterocycles. The predicted molar refractivity (Wildman–Crippen MR) is 127 cm³/mol. The van der Waals surface area contributed by atoms with Crippen molar-refractivity contribution in [2.45, 2.75) is 0 Å². The van der Waals surface area contributed by atoms with E-state index in [1.54, 1.807) is 24.3 Å². The van der Waals surface area contributed by atoms with Crippen LogP contribution in [0.2, 0.25) is 0 Å². The molecule has 3 aromatic rings. The first-order valence-electron chi connectivity index (χ1n) is 10.6. The van der Waals surface area contributed by atoms with E-state index in [1.165, 1.54) is 69.7 Å². The van der Waals surface area contributed by atoms with Gasteiger partial charge in [-0.1, -0.05) is 0 Å². The fourth-order valence-electron chi connectivity index (χ4n) is 3.97. The highest BCUT2D eigenvalue weighted by Crippen LogP contribution is 2.43. The van der Waals surface area contributed by atoms with Crippen LogP contribution in [0.3, 0.4) is 0 Å². The summed E-state index contributed by atoms with van der Waals surface area (Å²) in [5, 5.41) is 0. The Morgan fingerprint density at radius 3 is 2.06 bits per heavy atom. The Labute approximate surface area is 201 Å². The van der Waals surface area contributed by atoms with Crippen molar-refractivity contribution in [1.82, 2.24) is 0 Å². The summed E-state index contributed by atoms with van der Waals surface area (Å²) in [5.41, 5.74) is 1.16. The Bertz CT molecular complexity index is 1290. The first-order chi connectivity index (χ1) is 16.8. The summed E-state index contributed by atoms with van der Waals surface area (Å²) in [6.45, 7) is 0. The maximum Gasteiger partial charge on any atom is 0.252 e. The van der Waals surface area contributed by atoms with Gasteiger partial charge in [-0.15, -0.1) is 0 Å². The number of benzene rings is 3. The van der Waals surface area contributed by atoms with Gasteiger partial charge in [-0.05, 0) is 54.6 Å². The number of methoxy groups -OCH3 is 3. The molecule has 8 nitrogen and oxygen atoms in total. The molecule has 3 aromatic carbocycles. The molecule has 1 unspecified atom stereocenters. The second-order valence-electron chi connectivity index (χ2n) is 7.77. The summed E-state index contributed by atoms with van der Waals surface area (Å²) in [6.07, 6.45) is 0. The summed E-state index contributed by atoms with van der Waals surface area (Å²) in [4.78, 5) is 43.2. The van der Waals surface area contributed by atoms with Gasteiger partial charge in [0.1, 0.15) is 11.6 Å². The summed E-state index contributed by atoms with van der Waals surface area (Å²) < 4.78 is 29.3. The molecule has 0 N–H and O–H groups in total. The largest absolute Gasteiger partial charge is 0.497 e. The van der Waals surface area contributed by atoms with Crippen molar-refractivity contribution < 1.29 is 33.0 Å². The third kappa shape index (κ3) is 4.16. The van der Waals surface area contributed by atoms with Gasteiger partial charge in [-0.3, -0.25) is 19.3 Å². The van der Waals surface area contributed by atoms with Crippen LogP contribution in [0.25, 0.3) is 0 Å². The summed E-state index contributed by atoms with van der Waals surface area (Å²) in [6, 6.07) is 14.8. The lowest BCUT2D eigenvalue weighted by atomic mass is 9.88. The number of nitrogens with zero attached hydrogens (tertiary/aromatic N) is 2. The quantitative estimate of drug-likeness (QED) is 0.498. The molecule has 0 fully saturated rings. The van der Waals surface area contributed by atoms with Gasteiger partial charge in [-0.25, -0.2) is 4.39 Å². The van der Waals surface area contributed by atoms with E-state index in [4.69, 9.17) is 14.2 Å². The number of anilines is 3. The van der Waals surface area contributed by atoms with E-state index in [-0.39, 0.29) is 17.0 Å². The van der Waals surface area contributed by atoms with E-state index in [2.05, 4.69) is 0 Å². The maximum atomic E-state index is 13.7. The highest BCUT2D eigenvalue weighted by atomic mass is 19.1. The van der Waals surface area contributed by atoms with Gasteiger partial charge in [-0.2, -0.15) is 0 Å². The van der Waals surface area contributed by atoms with E-state index in [9.17, 15) is 18.8 Å². The molecular formula is C26H23FN2O6. The lowest BCUT2D eigenvalue weighted by molar-refractivity contribution is -0.129. The molecule has 180 valence electrons. The van der Waals surface area contributed by atoms with Gasteiger partial charge < -0.3 is 19.1 Å². The fourth-order valence-corrected chi connectivity index (χ4v) is 3.97. The molecule has 1 aliphatic heterocycles. The number of rotatable bonds is 6. The van der Waals surface area contributed by atoms with Gasteiger partial charge in [0.25, 0.3) is 5.91 Å². The van der Waals surface area contributed by atoms with E-state index >= 15 is 0 Å². The first-order valence-corrected chi connectivity index (χ1v) is 10.6. The SMILES string of the molecule is COc1ccc(N2C(=O)C(C(=O)N(C)c3ccc(F)cc3)C(=O)c3cc(OC)c(OC)cc32)cc1. The number of ether oxygens (including phenoxy) is 3. The number of ketones is 1. The van der Waals surface area contributed by atoms with Gasteiger partial charge in [0.15, 0.2) is 23.2 Å². The monoisotopic (exact) mass is 478 g/mol. The number of hydrogen-bond donors (Lipinski definition) is 0. The van der Waals surface area contributed by atoms with Gasteiger partial charge in [0, 0.05) is 30.1 Å². The number of carbonyl (C=O) groups is 3. The molecule has 1 aliphatic rings. The van der Waals surface area contributed by atoms with Crippen molar-refractivity contribution in [2.24, 2.45) is 5.92 Å². The number of fused-ring (bicyclic) bond motifs is 1. The normalized spacial score (nSPS) is 14.9. The van der Waals surface area contributed by atoms with Crippen LogP contribution >= 0.6 is 0 Å². The second kappa shape index (κ2) is 9.46. The van der Waals surface area contributed by atoms with Crippen molar-refractivity contribution >= 4 is 34.7 Å². The minimum Gasteiger partial charge on any atom is -0.497 e. The molecular weight excluding hydrogens is 455 g/mol. The molecule has 1 atom stereocenters. The predicted octanol–water partition coefficient (Wildman–Crippen LogP) is 3.99. The van der Waals surface area contributed by atoms with E-state index in [0.29, 0.717) is 22.9 Å². The Kier molecular flexibility index (Phi) is 6.42. The number of hydrogen-bond acceptors (Lipinski definition) is 6. The number of Topliss-reactive ketones (excluding diaryl/α,β-unsaturated/α-hetero) is 1. The van der Waals surface area contributed by atoms with E-state index in [1.807, 2.05) is 0 Å². The number of halogens is 1. The maximum absolute atomic E-state index is 13.7. The molecule has 9 heteroatoms. The van der Waals surface area contributed by atoms with Crippen LogP contribution in [0, 0.1) is 11.7 Å². The van der Waals surface area contributed by atoms with Crippen LogP contribution < -0.4 is 24.0 Å². The van der Waals surface area contributed by atoms with Crippen LogP contribution in [0.5, 0.6) is 17.2 Å². The minimum absolute atomic E-state index is 0.129. The molecule has 2 amide bonds. The third-order valence-corrected chi connectivity index (χ3v) is 5.86. The number of amides is 2. The summed E-state index contributed by atoms with van der Waals surface area (Å²) in [7, 11) is 5.82. The molecule has 0 saturated heterocycles. The van der Waals surface area contributed by atoms with Crippen LogP contribution in [0.1, 0.15) is 10.4 Å². The van der Waals surface area contributed by atoms with E-state index < -0.39 is 29.3 Å². The van der Waals surface area contributed by atoms with Gasteiger partial charge >= 0.3 is 0 Å². The zero-order valence-corrected chi connectivity index (χ0v) is 19.6. The molecule has 1 heterocycles. The topological polar surface area (TPSA) is 85.4 Å². The van der Waals surface area contributed by atoms with Crippen molar-refractivity contribution in [3.8, 4) is 17.2 Å². The van der Waals surface area contributed by atoms with E-state index in [0.717, 1.165) is 4.90 Å². The highest BCUT2D eigenvalue weighted by Gasteiger charge is 2.46. The van der Waals surface area contributed by atoms with Gasteiger partial charge in [0.2, 0.25) is 5.91 Å². The van der Waals surface area contributed by atoms with Crippen molar-refractivity contribution in [3.63, 3.8) is 0 Å². The average Bonchev–Trinajstić information content (AvgIpc) is 2.88. The third-order valence-electron chi connectivity index (χ3n) is 5.86. The smallest absolute Gasteiger partial charge is 0.252 e. The van der Waals surface area contributed by atoms with Crippen LogP contribution in [0.15, 0.2) is 60.7 Å². The summed E-state index contributed by atoms with van der Waals surface area (Å²) in [5.74, 6) is -3.09. The van der Waals surface area contributed by atoms with Crippen molar-refractivity contribution in [3.05, 3.63) is 72.0 Å². The minimum atomic E-state index is -1.65. The Morgan fingerprint density at radius 1 is 0.886 bits per heavy atom. The van der Waals surface area contributed by atoms with Gasteiger partial charge in [0.05, 0.1) is 27.0 Å². The summed E-state index contributed by atoms with van der Waals surface area (Å²) >= 11 is 0. The van der Waals surface area contributed by atoms with Crippen molar-refractivity contribution in [1.29, 1.82) is 0 Å². The first kappa shape index (κ1) is 23.7. The molecule has 0 saturated carbocycles. The zero-order chi connectivity index (χ0) is 25.3. The Morgan fingerprint density at radius 2 is 1.49 bits per heavy atom. The molecule has 0 aliphatic carbocycles. The molecule has 0 bridgehead atoms. The fraction of sp³-hybridized carbons (Fsp3) is 0.192. The Balaban J connectivity index is 1.85. The lowest BCUT2D eigenvalue weighted by Crippen LogP contribution is -2.50. The highest BCUT2D eigenvalue weighted by molar-refractivity contribution is 6.34. The van der Waals surface area contributed by atoms with Crippen LogP contribution in [-0.4, -0.2) is 46.0 Å². The second-order valence-corrected chi connectivity index (χ2v) is 7.77. The molecule has 35 heavy (non-hydrogen) atoms. The average molecular weight is 478 g/mol. The molecule has 0 radical (unpaired) electrons.